The molecule has 19 heavy (non-hydrogen) atoms. The van der Waals surface area contributed by atoms with Gasteiger partial charge in [-0.1, -0.05) is 0 Å². The summed E-state index contributed by atoms with van der Waals surface area (Å²) in [5, 5.41) is 14.0. The summed E-state index contributed by atoms with van der Waals surface area (Å²) in [6.45, 7) is 1.78. The Morgan fingerprint density at radius 2 is 2.00 bits per heavy atom. The Morgan fingerprint density at radius 1 is 1.32 bits per heavy atom. The largest absolute Gasteiger partial charge is 0.502 e. The van der Waals surface area contributed by atoms with E-state index in [-0.39, 0.29) is 5.75 Å². The molecule has 1 aromatic carbocycles. The molecule has 1 fully saturated rings. The molecule has 2 rings (SSSR count). The third-order valence-corrected chi connectivity index (χ3v) is 4.66. The minimum Gasteiger partial charge on any atom is -0.502 e. The van der Waals surface area contributed by atoms with Gasteiger partial charge in [0, 0.05) is 18.3 Å². The number of ether oxygens (including phenoxy) is 2. The number of nitrogens with one attached hydrogen (secondary N) is 1. The van der Waals surface area contributed by atoms with Gasteiger partial charge in [0.25, 0.3) is 0 Å². The topological polar surface area (TPSA) is 50.7 Å². The first-order chi connectivity index (χ1) is 9.24. The predicted octanol–water partition coefficient (Wildman–Crippen LogP) is 2.39. The van der Waals surface area contributed by atoms with E-state index >= 15 is 0 Å². The van der Waals surface area contributed by atoms with Crippen LogP contribution in [-0.4, -0.2) is 36.9 Å². The number of rotatable bonds is 6. The third-order valence-electron chi connectivity index (χ3n) is 3.26. The summed E-state index contributed by atoms with van der Waals surface area (Å²) in [4.78, 5) is 0. The maximum Gasteiger partial charge on any atom is 0.200 e. The van der Waals surface area contributed by atoms with Crippen molar-refractivity contribution in [1.82, 2.24) is 5.32 Å². The van der Waals surface area contributed by atoms with Crippen molar-refractivity contribution in [1.29, 1.82) is 0 Å². The summed E-state index contributed by atoms with van der Waals surface area (Å²) in [7, 11) is 3.09. The first kappa shape index (κ1) is 14.3. The predicted molar refractivity (Wildman–Crippen MR) is 78.4 cm³/mol. The third kappa shape index (κ3) is 3.70. The molecule has 0 amide bonds. The van der Waals surface area contributed by atoms with Gasteiger partial charge in [-0.05, 0) is 36.3 Å². The van der Waals surface area contributed by atoms with Crippen LogP contribution in [0.5, 0.6) is 17.2 Å². The fraction of sp³-hybridized carbons (Fsp3) is 0.571. The molecule has 0 radical (unpaired) electrons. The smallest absolute Gasteiger partial charge is 0.200 e. The van der Waals surface area contributed by atoms with Crippen LogP contribution in [0.1, 0.15) is 18.4 Å². The van der Waals surface area contributed by atoms with Gasteiger partial charge in [0.1, 0.15) is 0 Å². The zero-order valence-corrected chi connectivity index (χ0v) is 12.3. The van der Waals surface area contributed by atoms with Crippen molar-refractivity contribution in [2.24, 2.45) is 0 Å². The van der Waals surface area contributed by atoms with Gasteiger partial charge in [-0.15, -0.1) is 0 Å². The lowest BCUT2D eigenvalue weighted by molar-refractivity contribution is 0.339. The second-order valence-electron chi connectivity index (χ2n) is 4.61. The van der Waals surface area contributed by atoms with Crippen LogP contribution in [0, 0.1) is 0 Å². The number of methoxy groups -OCH3 is 2. The van der Waals surface area contributed by atoms with Crippen LogP contribution in [0.3, 0.4) is 0 Å². The van der Waals surface area contributed by atoms with Crippen LogP contribution >= 0.6 is 11.8 Å². The summed E-state index contributed by atoms with van der Waals surface area (Å²) in [5.74, 6) is 2.24. The second-order valence-corrected chi connectivity index (χ2v) is 6.02. The molecule has 0 spiro atoms. The minimum atomic E-state index is 0.0556. The van der Waals surface area contributed by atoms with Crippen molar-refractivity contribution in [2.45, 2.75) is 24.6 Å². The second kappa shape index (κ2) is 6.91. The molecule has 0 bridgehead atoms. The summed E-state index contributed by atoms with van der Waals surface area (Å²) in [6.07, 6.45) is 2.64. The molecule has 1 heterocycles. The van der Waals surface area contributed by atoms with E-state index in [1.165, 1.54) is 18.6 Å². The standard InChI is InChI=1S/C14H21NO3S/c1-17-12-6-10(7-13(18-2)14(12)16)8-15-9-11-4-3-5-19-11/h6-7,11,15-16H,3-5,8-9H2,1-2H3. The highest BCUT2D eigenvalue weighted by atomic mass is 32.2. The molecule has 5 heteroatoms. The zero-order valence-electron chi connectivity index (χ0n) is 11.4. The average Bonchev–Trinajstić information content (AvgIpc) is 2.93. The van der Waals surface area contributed by atoms with Crippen LogP contribution in [0.15, 0.2) is 12.1 Å². The number of hydrogen-bond acceptors (Lipinski definition) is 5. The molecule has 1 aromatic rings. The Hall–Kier alpha value is -1.07. The molecule has 1 unspecified atom stereocenters. The van der Waals surface area contributed by atoms with E-state index in [4.69, 9.17) is 9.47 Å². The highest BCUT2D eigenvalue weighted by molar-refractivity contribution is 8.00. The highest BCUT2D eigenvalue weighted by Crippen LogP contribution is 2.37. The number of hydrogen-bond donors (Lipinski definition) is 2. The first-order valence-electron chi connectivity index (χ1n) is 6.50. The SMILES string of the molecule is COc1cc(CNCC2CCCS2)cc(OC)c1O. The minimum absolute atomic E-state index is 0.0556. The van der Waals surface area contributed by atoms with E-state index < -0.39 is 0 Å². The van der Waals surface area contributed by atoms with Crippen LogP contribution in [0.2, 0.25) is 0 Å². The van der Waals surface area contributed by atoms with Crippen molar-refractivity contribution < 1.29 is 14.6 Å². The molecule has 0 saturated carbocycles. The van der Waals surface area contributed by atoms with E-state index in [0.29, 0.717) is 11.5 Å². The Kier molecular flexibility index (Phi) is 5.22. The molecule has 106 valence electrons. The molecule has 0 aliphatic carbocycles. The van der Waals surface area contributed by atoms with E-state index in [9.17, 15) is 5.11 Å². The van der Waals surface area contributed by atoms with Gasteiger partial charge in [0.2, 0.25) is 5.75 Å². The average molecular weight is 283 g/mol. The van der Waals surface area contributed by atoms with E-state index in [0.717, 1.165) is 23.9 Å². The van der Waals surface area contributed by atoms with Crippen molar-refractivity contribution >= 4 is 11.8 Å². The normalized spacial score (nSPS) is 18.5. The Bertz CT molecular complexity index is 394. The molecular formula is C14H21NO3S. The quantitative estimate of drug-likeness (QED) is 0.839. The molecular weight excluding hydrogens is 262 g/mol. The van der Waals surface area contributed by atoms with Gasteiger partial charge < -0.3 is 19.9 Å². The molecule has 4 nitrogen and oxygen atoms in total. The number of aromatic hydroxyl groups is 1. The zero-order chi connectivity index (χ0) is 13.7. The molecule has 0 aromatic heterocycles. The van der Waals surface area contributed by atoms with Crippen LogP contribution in [0.4, 0.5) is 0 Å². The van der Waals surface area contributed by atoms with E-state index in [1.807, 2.05) is 23.9 Å². The maximum absolute atomic E-state index is 9.84. The van der Waals surface area contributed by atoms with Gasteiger partial charge in [-0.3, -0.25) is 0 Å². The number of benzene rings is 1. The fourth-order valence-corrected chi connectivity index (χ4v) is 3.47. The van der Waals surface area contributed by atoms with E-state index in [2.05, 4.69) is 5.32 Å². The monoisotopic (exact) mass is 283 g/mol. The summed E-state index contributed by atoms with van der Waals surface area (Å²) in [6, 6.07) is 3.68. The Balaban J connectivity index is 1.95. The van der Waals surface area contributed by atoms with Gasteiger partial charge in [0.05, 0.1) is 14.2 Å². The van der Waals surface area contributed by atoms with Gasteiger partial charge in [0.15, 0.2) is 11.5 Å². The lowest BCUT2D eigenvalue weighted by atomic mass is 10.1. The number of thioether (sulfide) groups is 1. The number of phenols is 1. The van der Waals surface area contributed by atoms with Gasteiger partial charge in [-0.25, -0.2) is 0 Å². The highest BCUT2D eigenvalue weighted by Gasteiger charge is 2.15. The number of phenolic OH excluding ortho intramolecular Hbond substituents is 1. The van der Waals surface area contributed by atoms with E-state index in [1.54, 1.807) is 14.2 Å². The fourth-order valence-electron chi connectivity index (χ4n) is 2.23. The first-order valence-corrected chi connectivity index (χ1v) is 7.55. The molecule has 1 aliphatic rings. The van der Waals surface area contributed by atoms with Crippen molar-refractivity contribution in [3.05, 3.63) is 17.7 Å². The molecule has 1 saturated heterocycles. The Labute approximate surface area is 118 Å². The van der Waals surface area contributed by atoms with Crippen molar-refractivity contribution in [3.63, 3.8) is 0 Å². The van der Waals surface area contributed by atoms with Crippen molar-refractivity contribution in [2.75, 3.05) is 26.5 Å². The lowest BCUT2D eigenvalue weighted by Gasteiger charge is -2.13. The maximum atomic E-state index is 9.84. The molecule has 1 aliphatic heterocycles. The van der Waals surface area contributed by atoms with Crippen molar-refractivity contribution in [3.8, 4) is 17.2 Å². The van der Waals surface area contributed by atoms with Gasteiger partial charge in [-0.2, -0.15) is 11.8 Å². The van der Waals surface area contributed by atoms with Crippen LogP contribution in [0.25, 0.3) is 0 Å². The van der Waals surface area contributed by atoms with Gasteiger partial charge >= 0.3 is 0 Å². The Morgan fingerprint density at radius 3 is 2.53 bits per heavy atom. The summed E-state index contributed by atoms with van der Waals surface area (Å²) in [5.41, 5.74) is 1.05. The summed E-state index contributed by atoms with van der Waals surface area (Å²) < 4.78 is 10.3. The summed E-state index contributed by atoms with van der Waals surface area (Å²) >= 11 is 2.04. The lowest BCUT2D eigenvalue weighted by Crippen LogP contribution is -2.22. The molecule has 2 N–H and O–H groups in total. The molecule has 1 atom stereocenters. The van der Waals surface area contributed by atoms with Crippen LogP contribution in [-0.2, 0) is 6.54 Å². The van der Waals surface area contributed by atoms with Crippen LogP contribution < -0.4 is 14.8 Å².